The predicted octanol–water partition coefficient (Wildman–Crippen LogP) is 4.32. The Balaban J connectivity index is 1.78. The zero-order valence-corrected chi connectivity index (χ0v) is 15.1. The Hall–Kier alpha value is -1.65. The fourth-order valence-corrected chi connectivity index (χ4v) is 4.38. The molecule has 0 aromatic heterocycles. The normalized spacial score (nSPS) is 21.3. The minimum Gasteiger partial charge on any atom is -0.212 e. The summed E-state index contributed by atoms with van der Waals surface area (Å²) in [6.07, 6.45) is 3.02. The van der Waals surface area contributed by atoms with Crippen molar-refractivity contribution in [3.63, 3.8) is 0 Å². The molecule has 0 bridgehead atoms. The summed E-state index contributed by atoms with van der Waals surface area (Å²) in [6, 6.07) is 18.9. The van der Waals surface area contributed by atoms with E-state index < -0.39 is 10.0 Å². The van der Waals surface area contributed by atoms with Crippen molar-refractivity contribution in [1.82, 2.24) is 4.72 Å². The van der Waals surface area contributed by atoms with E-state index in [4.69, 9.17) is 0 Å². The summed E-state index contributed by atoms with van der Waals surface area (Å²) in [5.74, 6) is 0.267. The maximum Gasteiger partial charge on any atom is 0.214 e. The molecule has 0 saturated heterocycles. The molecule has 2 atom stereocenters. The molecule has 3 rings (SSSR count). The van der Waals surface area contributed by atoms with Crippen molar-refractivity contribution in [2.45, 2.75) is 50.3 Å². The van der Waals surface area contributed by atoms with Gasteiger partial charge in [-0.1, -0.05) is 61.0 Å². The molecule has 1 aliphatic carbocycles. The van der Waals surface area contributed by atoms with E-state index in [1.807, 2.05) is 18.2 Å². The van der Waals surface area contributed by atoms with Crippen molar-refractivity contribution >= 4 is 10.0 Å². The van der Waals surface area contributed by atoms with Crippen LogP contribution in [-0.4, -0.2) is 19.7 Å². The maximum absolute atomic E-state index is 12.2. The lowest BCUT2D eigenvalue weighted by Gasteiger charge is -2.22. The molecule has 24 heavy (non-hydrogen) atoms. The molecular weight excluding hydrogens is 318 g/mol. The number of rotatable bonds is 5. The van der Waals surface area contributed by atoms with Crippen LogP contribution in [0.1, 0.15) is 44.6 Å². The summed E-state index contributed by atoms with van der Waals surface area (Å²) in [7, 11) is -3.22. The first-order valence-corrected chi connectivity index (χ1v) is 10.2. The van der Waals surface area contributed by atoms with Crippen molar-refractivity contribution in [3.05, 3.63) is 60.2 Å². The average Bonchev–Trinajstić information content (AvgIpc) is 3.03. The molecule has 2 aromatic carbocycles. The van der Waals surface area contributed by atoms with Gasteiger partial charge in [0.2, 0.25) is 10.0 Å². The van der Waals surface area contributed by atoms with Gasteiger partial charge in [-0.05, 0) is 43.4 Å². The average molecular weight is 343 g/mol. The highest BCUT2D eigenvalue weighted by molar-refractivity contribution is 7.90. The second-order valence-electron chi connectivity index (χ2n) is 6.84. The molecule has 4 heteroatoms. The maximum atomic E-state index is 12.2. The highest BCUT2D eigenvalue weighted by Crippen LogP contribution is 2.36. The monoisotopic (exact) mass is 343 g/mol. The topological polar surface area (TPSA) is 46.2 Å². The molecule has 1 saturated carbocycles. The summed E-state index contributed by atoms with van der Waals surface area (Å²) in [5.41, 5.74) is 3.62. The van der Waals surface area contributed by atoms with Crippen LogP contribution in [-0.2, 0) is 10.0 Å². The standard InChI is InChI=1S/C20H25NO2S/c1-15(2)24(22,23)21-20-10-6-9-19(20)18-13-11-17(12-14-18)16-7-4-3-5-8-16/h3-5,7-8,11-15,19-21H,6,9-10H2,1-2H3/t19-,20+/m0/s1. The van der Waals surface area contributed by atoms with Gasteiger partial charge < -0.3 is 0 Å². The van der Waals surface area contributed by atoms with E-state index in [0.717, 1.165) is 19.3 Å². The lowest BCUT2D eigenvalue weighted by molar-refractivity contribution is 0.519. The van der Waals surface area contributed by atoms with Gasteiger partial charge in [-0.3, -0.25) is 0 Å². The summed E-state index contributed by atoms with van der Waals surface area (Å²) < 4.78 is 27.3. The third kappa shape index (κ3) is 3.70. The Labute approximate surface area is 145 Å². The Kier molecular flexibility index (Phi) is 5.07. The molecule has 0 unspecified atom stereocenters. The molecule has 0 amide bonds. The van der Waals surface area contributed by atoms with Crippen LogP contribution in [0.25, 0.3) is 11.1 Å². The Bertz CT molecular complexity index is 767. The second-order valence-corrected chi connectivity index (χ2v) is 9.11. The van der Waals surface area contributed by atoms with Crippen molar-refractivity contribution in [2.24, 2.45) is 0 Å². The van der Waals surface area contributed by atoms with Gasteiger partial charge in [0.25, 0.3) is 0 Å². The van der Waals surface area contributed by atoms with E-state index in [0.29, 0.717) is 0 Å². The van der Waals surface area contributed by atoms with Crippen LogP contribution in [0.3, 0.4) is 0 Å². The van der Waals surface area contributed by atoms with Gasteiger partial charge in [0, 0.05) is 12.0 Å². The quantitative estimate of drug-likeness (QED) is 0.879. The van der Waals surface area contributed by atoms with Gasteiger partial charge >= 0.3 is 0 Å². The Morgan fingerprint density at radius 1 is 0.917 bits per heavy atom. The molecule has 1 N–H and O–H groups in total. The molecule has 128 valence electrons. The smallest absolute Gasteiger partial charge is 0.212 e. The van der Waals surface area contributed by atoms with Crippen LogP contribution in [0.15, 0.2) is 54.6 Å². The third-order valence-corrected chi connectivity index (χ3v) is 6.77. The predicted molar refractivity (Wildman–Crippen MR) is 99.4 cm³/mol. The molecule has 1 aliphatic rings. The molecular formula is C20H25NO2S. The van der Waals surface area contributed by atoms with Crippen molar-refractivity contribution in [1.29, 1.82) is 0 Å². The highest BCUT2D eigenvalue weighted by Gasteiger charge is 2.32. The zero-order chi connectivity index (χ0) is 17.2. The van der Waals surface area contributed by atoms with Crippen LogP contribution >= 0.6 is 0 Å². The lowest BCUT2D eigenvalue weighted by atomic mass is 9.93. The fraction of sp³-hybridized carbons (Fsp3) is 0.400. The second kappa shape index (κ2) is 7.08. The number of benzene rings is 2. The first-order valence-electron chi connectivity index (χ1n) is 8.64. The number of nitrogens with one attached hydrogen (secondary N) is 1. The van der Waals surface area contributed by atoms with Gasteiger partial charge in [0.1, 0.15) is 0 Å². The fourth-order valence-electron chi connectivity index (χ4n) is 3.40. The van der Waals surface area contributed by atoms with Crippen LogP contribution < -0.4 is 4.72 Å². The molecule has 0 aliphatic heterocycles. The van der Waals surface area contributed by atoms with Gasteiger partial charge in [0.05, 0.1) is 5.25 Å². The summed E-state index contributed by atoms with van der Waals surface area (Å²) in [4.78, 5) is 0. The van der Waals surface area contributed by atoms with Crippen molar-refractivity contribution < 1.29 is 8.42 Å². The molecule has 0 radical (unpaired) electrons. The van der Waals surface area contributed by atoms with Crippen molar-refractivity contribution in [2.75, 3.05) is 0 Å². The summed E-state index contributed by atoms with van der Waals surface area (Å²) >= 11 is 0. The lowest BCUT2D eigenvalue weighted by Crippen LogP contribution is -2.40. The first kappa shape index (κ1) is 17.2. The first-order chi connectivity index (χ1) is 11.5. The van der Waals surface area contributed by atoms with Crippen LogP contribution in [0.4, 0.5) is 0 Å². The Morgan fingerprint density at radius 3 is 2.17 bits per heavy atom. The molecule has 0 heterocycles. The van der Waals surface area contributed by atoms with E-state index in [-0.39, 0.29) is 17.2 Å². The van der Waals surface area contributed by atoms with Crippen LogP contribution in [0.5, 0.6) is 0 Å². The number of hydrogen-bond acceptors (Lipinski definition) is 2. The van der Waals surface area contributed by atoms with E-state index in [1.54, 1.807) is 13.8 Å². The molecule has 2 aromatic rings. The summed E-state index contributed by atoms with van der Waals surface area (Å²) in [5, 5.41) is -0.390. The zero-order valence-electron chi connectivity index (χ0n) is 14.3. The van der Waals surface area contributed by atoms with Crippen molar-refractivity contribution in [3.8, 4) is 11.1 Å². The van der Waals surface area contributed by atoms with Gasteiger partial charge in [-0.2, -0.15) is 0 Å². The van der Waals surface area contributed by atoms with Gasteiger partial charge in [-0.25, -0.2) is 13.1 Å². The van der Waals surface area contributed by atoms with E-state index >= 15 is 0 Å². The number of sulfonamides is 1. The molecule has 0 spiro atoms. The van der Waals surface area contributed by atoms with Gasteiger partial charge in [0.15, 0.2) is 0 Å². The largest absolute Gasteiger partial charge is 0.214 e. The Morgan fingerprint density at radius 2 is 1.54 bits per heavy atom. The number of hydrogen-bond donors (Lipinski definition) is 1. The minimum absolute atomic E-state index is 0.0139. The third-order valence-electron chi connectivity index (χ3n) is 4.90. The van der Waals surface area contributed by atoms with Crippen LogP contribution in [0.2, 0.25) is 0 Å². The minimum atomic E-state index is -3.22. The molecule has 1 fully saturated rings. The van der Waals surface area contributed by atoms with Gasteiger partial charge in [-0.15, -0.1) is 0 Å². The van der Waals surface area contributed by atoms with E-state index in [1.165, 1.54) is 16.7 Å². The summed E-state index contributed by atoms with van der Waals surface area (Å²) in [6.45, 7) is 3.45. The van der Waals surface area contributed by atoms with E-state index in [2.05, 4.69) is 41.1 Å². The molecule has 3 nitrogen and oxygen atoms in total. The van der Waals surface area contributed by atoms with Crippen LogP contribution in [0, 0.1) is 0 Å². The highest BCUT2D eigenvalue weighted by atomic mass is 32.2. The van der Waals surface area contributed by atoms with E-state index in [9.17, 15) is 8.42 Å². The SMILES string of the molecule is CC(C)S(=O)(=O)N[C@@H]1CCC[C@H]1c1ccc(-c2ccccc2)cc1.